The molecule has 0 aromatic heterocycles. The van der Waals surface area contributed by atoms with Gasteiger partial charge in [-0.1, -0.05) is 35.9 Å². The minimum Gasteiger partial charge on any atom is -0.495 e. The van der Waals surface area contributed by atoms with E-state index >= 15 is 0 Å². The summed E-state index contributed by atoms with van der Waals surface area (Å²) in [5.74, 6) is 0.538. The normalized spacial score (nSPS) is 10.2. The minimum absolute atomic E-state index is 0.0300. The van der Waals surface area contributed by atoms with Gasteiger partial charge in [0.25, 0.3) is 0 Å². The molecule has 0 fully saturated rings. The van der Waals surface area contributed by atoms with Crippen molar-refractivity contribution in [2.45, 2.75) is 6.92 Å². The fraction of sp³-hybridized carbons (Fsp3) is 0.133. The number of halogens is 1. The van der Waals surface area contributed by atoms with Crippen molar-refractivity contribution in [3.63, 3.8) is 0 Å². The summed E-state index contributed by atoms with van der Waals surface area (Å²) in [5, 5.41) is 0.442. The lowest BCUT2D eigenvalue weighted by Crippen LogP contribution is -2.03. The molecule has 0 amide bonds. The van der Waals surface area contributed by atoms with Crippen molar-refractivity contribution in [1.82, 2.24) is 0 Å². The molecule has 0 spiro atoms. The van der Waals surface area contributed by atoms with E-state index in [2.05, 4.69) is 0 Å². The zero-order valence-corrected chi connectivity index (χ0v) is 11.0. The number of aryl methyl sites for hydroxylation is 1. The number of rotatable bonds is 3. The number of carbonyl (C=O) groups excluding carboxylic acids is 1. The third kappa shape index (κ3) is 2.39. The Morgan fingerprint density at radius 3 is 2.50 bits per heavy atom. The maximum Gasteiger partial charge on any atom is 0.193 e. The first-order valence-electron chi connectivity index (χ1n) is 5.57. The zero-order chi connectivity index (χ0) is 13.1. The van der Waals surface area contributed by atoms with Gasteiger partial charge < -0.3 is 4.74 Å². The van der Waals surface area contributed by atoms with Gasteiger partial charge in [0.2, 0.25) is 0 Å². The van der Waals surface area contributed by atoms with Crippen LogP contribution in [0.15, 0.2) is 42.5 Å². The molecule has 0 atom stereocenters. The number of hydrogen-bond acceptors (Lipinski definition) is 2. The summed E-state index contributed by atoms with van der Waals surface area (Å²) in [4.78, 5) is 12.3. The highest BCUT2D eigenvalue weighted by atomic mass is 35.5. The first kappa shape index (κ1) is 12.7. The topological polar surface area (TPSA) is 26.3 Å². The molecular weight excluding hydrogens is 248 g/mol. The number of ether oxygens (including phenoxy) is 1. The maximum absolute atomic E-state index is 12.3. The summed E-state index contributed by atoms with van der Waals surface area (Å²) in [6, 6.07) is 12.6. The lowest BCUT2D eigenvalue weighted by atomic mass is 9.99. The molecule has 3 heteroatoms. The van der Waals surface area contributed by atoms with Gasteiger partial charge in [-0.3, -0.25) is 4.79 Å². The summed E-state index contributed by atoms with van der Waals surface area (Å²) in [6.07, 6.45) is 0. The highest BCUT2D eigenvalue weighted by molar-refractivity contribution is 6.32. The Balaban J connectivity index is 2.41. The molecule has 18 heavy (non-hydrogen) atoms. The SMILES string of the molecule is COc1ccc(C(=O)c2ccccc2C)cc1Cl. The fourth-order valence-corrected chi connectivity index (χ4v) is 2.05. The first-order valence-corrected chi connectivity index (χ1v) is 5.95. The monoisotopic (exact) mass is 260 g/mol. The molecule has 0 aliphatic carbocycles. The van der Waals surface area contributed by atoms with Crippen molar-refractivity contribution in [2.75, 3.05) is 7.11 Å². The molecule has 0 saturated heterocycles. The Labute approximate surface area is 111 Å². The van der Waals surface area contributed by atoms with Crippen molar-refractivity contribution in [1.29, 1.82) is 0 Å². The van der Waals surface area contributed by atoms with Crippen molar-refractivity contribution in [3.8, 4) is 5.75 Å². The second-order valence-corrected chi connectivity index (χ2v) is 4.40. The van der Waals surface area contributed by atoms with E-state index in [4.69, 9.17) is 16.3 Å². The molecular formula is C15H13ClO2. The highest BCUT2D eigenvalue weighted by Gasteiger charge is 2.12. The Morgan fingerprint density at radius 2 is 1.89 bits per heavy atom. The standard InChI is InChI=1S/C15H13ClO2/c1-10-5-3-4-6-12(10)15(17)11-7-8-14(18-2)13(16)9-11/h3-9H,1-2H3. The minimum atomic E-state index is -0.0300. The highest BCUT2D eigenvalue weighted by Crippen LogP contribution is 2.26. The van der Waals surface area contributed by atoms with Crippen LogP contribution in [0.4, 0.5) is 0 Å². The van der Waals surface area contributed by atoms with Gasteiger partial charge in [0.05, 0.1) is 12.1 Å². The molecule has 2 aromatic carbocycles. The average Bonchev–Trinajstić information content (AvgIpc) is 2.38. The van der Waals surface area contributed by atoms with Crippen LogP contribution in [-0.4, -0.2) is 12.9 Å². The molecule has 0 saturated carbocycles. The molecule has 0 heterocycles. The largest absolute Gasteiger partial charge is 0.495 e. The molecule has 0 bridgehead atoms. The van der Waals surface area contributed by atoms with Crippen LogP contribution in [0, 0.1) is 6.92 Å². The lowest BCUT2D eigenvalue weighted by Gasteiger charge is -2.07. The van der Waals surface area contributed by atoms with E-state index in [1.54, 1.807) is 25.3 Å². The maximum atomic E-state index is 12.3. The van der Waals surface area contributed by atoms with Crippen LogP contribution < -0.4 is 4.74 Å². The van der Waals surface area contributed by atoms with Crippen LogP contribution in [0.5, 0.6) is 5.75 Å². The summed E-state index contributed by atoms with van der Waals surface area (Å²) in [5.41, 5.74) is 2.21. The number of ketones is 1. The van der Waals surface area contributed by atoms with E-state index in [0.29, 0.717) is 21.9 Å². The molecule has 0 aliphatic rings. The van der Waals surface area contributed by atoms with Crippen molar-refractivity contribution in [3.05, 3.63) is 64.2 Å². The van der Waals surface area contributed by atoms with Gasteiger partial charge in [-0.05, 0) is 30.7 Å². The number of hydrogen-bond donors (Lipinski definition) is 0. The summed E-state index contributed by atoms with van der Waals surface area (Å²) >= 11 is 6.02. The van der Waals surface area contributed by atoms with Gasteiger partial charge in [0, 0.05) is 11.1 Å². The van der Waals surface area contributed by atoms with Gasteiger partial charge in [0.15, 0.2) is 5.78 Å². The van der Waals surface area contributed by atoms with Gasteiger partial charge >= 0.3 is 0 Å². The van der Waals surface area contributed by atoms with Crippen molar-refractivity contribution in [2.24, 2.45) is 0 Å². The van der Waals surface area contributed by atoms with Gasteiger partial charge in [0.1, 0.15) is 5.75 Å². The number of benzene rings is 2. The van der Waals surface area contributed by atoms with Crippen LogP contribution in [0.2, 0.25) is 5.02 Å². The molecule has 0 unspecified atom stereocenters. The lowest BCUT2D eigenvalue weighted by molar-refractivity contribution is 0.103. The van der Waals surface area contributed by atoms with E-state index in [-0.39, 0.29) is 5.78 Å². The first-order chi connectivity index (χ1) is 8.63. The summed E-state index contributed by atoms with van der Waals surface area (Å²) in [7, 11) is 1.55. The van der Waals surface area contributed by atoms with Crippen molar-refractivity contribution >= 4 is 17.4 Å². The van der Waals surface area contributed by atoms with Crippen LogP contribution in [0.25, 0.3) is 0 Å². The number of carbonyl (C=O) groups is 1. The van der Waals surface area contributed by atoms with Crippen LogP contribution in [0.3, 0.4) is 0 Å². The Morgan fingerprint density at radius 1 is 1.17 bits per heavy atom. The van der Waals surface area contributed by atoms with Crippen LogP contribution >= 0.6 is 11.6 Å². The van der Waals surface area contributed by atoms with Crippen molar-refractivity contribution < 1.29 is 9.53 Å². The second-order valence-electron chi connectivity index (χ2n) is 3.99. The smallest absolute Gasteiger partial charge is 0.193 e. The third-order valence-corrected chi connectivity index (χ3v) is 3.10. The Hall–Kier alpha value is -1.80. The number of methoxy groups -OCH3 is 1. The van der Waals surface area contributed by atoms with E-state index in [0.717, 1.165) is 5.56 Å². The molecule has 0 radical (unpaired) electrons. The third-order valence-electron chi connectivity index (χ3n) is 2.80. The van der Waals surface area contributed by atoms with E-state index < -0.39 is 0 Å². The Kier molecular flexibility index (Phi) is 3.68. The molecule has 0 N–H and O–H groups in total. The summed E-state index contributed by atoms with van der Waals surface area (Å²) < 4.78 is 5.07. The van der Waals surface area contributed by atoms with Gasteiger partial charge in [-0.25, -0.2) is 0 Å². The predicted molar refractivity (Wildman–Crippen MR) is 72.6 cm³/mol. The molecule has 2 aromatic rings. The van der Waals surface area contributed by atoms with E-state index in [9.17, 15) is 4.79 Å². The quantitative estimate of drug-likeness (QED) is 0.783. The average molecular weight is 261 g/mol. The second kappa shape index (κ2) is 5.23. The molecule has 2 nitrogen and oxygen atoms in total. The predicted octanol–water partition coefficient (Wildman–Crippen LogP) is 3.89. The molecule has 2 rings (SSSR count). The van der Waals surface area contributed by atoms with E-state index in [1.165, 1.54) is 0 Å². The summed E-state index contributed by atoms with van der Waals surface area (Å²) in [6.45, 7) is 1.92. The van der Waals surface area contributed by atoms with Gasteiger partial charge in [-0.15, -0.1) is 0 Å². The van der Waals surface area contributed by atoms with Gasteiger partial charge in [-0.2, -0.15) is 0 Å². The van der Waals surface area contributed by atoms with Crippen LogP contribution in [-0.2, 0) is 0 Å². The van der Waals surface area contributed by atoms with E-state index in [1.807, 2.05) is 31.2 Å². The molecule has 0 aliphatic heterocycles. The molecule has 92 valence electrons. The Bertz CT molecular complexity index is 591. The fourth-order valence-electron chi connectivity index (χ4n) is 1.79. The van der Waals surface area contributed by atoms with Crippen LogP contribution in [0.1, 0.15) is 21.5 Å². The zero-order valence-electron chi connectivity index (χ0n) is 10.2.